The molecule has 0 bridgehead atoms. The van der Waals surface area contributed by atoms with Crippen LogP contribution in [0.5, 0.6) is 0 Å². The van der Waals surface area contributed by atoms with E-state index in [1.54, 1.807) is 0 Å². The number of hydrogen-bond donors (Lipinski definition) is 1. The zero-order valence-corrected chi connectivity index (χ0v) is 8.31. The van der Waals surface area contributed by atoms with E-state index in [1.165, 1.54) is 12.8 Å². The summed E-state index contributed by atoms with van der Waals surface area (Å²) in [7, 11) is 0. The Hall–Kier alpha value is -0.0800. The second-order valence-electron chi connectivity index (χ2n) is 4.00. The number of hydrogen-bond acceptors (Lipinski definition) is 2. The van der Waals surface area contributed by atoms with Crippen LogP contribution in [0.3, 0.4) is 0 Å². The van der Waals surface area contributed by atoms with Gasteiger partial charge < -0.3 is 10.5 Å². The van der Waals surface area contributed by atoms with Gasteiger partial charge in [0.1, 0.15) is 0 Å². The van der Waals surface area contributed by atoms with Crippen molar-refractivity contribution in [2.24, 2.45) is 11.7 Å². The molecule has 2 nitrogen and oxygen atoms in total. The molecule has 1 saturated carbocycles. The lowest BCUT2D eigenvalue weighted by atomic mass is 9.79. The Morgan fingerprint density at radius 3 is 2.42 bits per heavy atom. The van der Waals surface area contributed by atoms with Gasteiger partial charge in [-0.15, -0.1) is 0 Å². The van der Waals surface area contributed by atoms with Crippen molar-refractivity contribution >= 4 is 0 Å². The Labute approximate surface area is 75.5 Å². The van der Waals surface area contributed by atoms with Crippen LogP contribution in [0.2, 0.25) is 0 Å². The maximum Gasteiger partial charge on any atom is 0.0804 e. The third kappa shape index (κ3) is 2.20. The first-order valence-electron chi connectivity index (χ1n) is 5.06. The molecular weight excluding hydrogens is 150 g/mol. The van der Waals surface area contributed by atoms with Crippen LogP contribution < -0.4 is 5.73 Å². The molecule has 72 valence electrons. The van der Waals surface area contributed by atoms with Gasteiger partial charge in [0.2, 0.25) is 0 Å². The molecule has 0 spiro atoms. The molecule has 0 aromatic heterocycles. The van der Waals surface area contributed by atoms with Crippen LogP contribution in [0.1, 0.15) is 39.5 Å². The van der Waals surface area contributed by atoms with E-state index in [0.29, 0.717) is 6.54 Å². The van der Waals surface area contributed by atoms with Crippen LogP contribution in [0, 0.1) is 5.92 Å². The maximum atomic E-state index is 5.74. The number of rotatable bonds is 3. The minimum Gasteiger partial charge on any atom is -0.374 e. The average molecular weight is 171 g/mol. The lowest BCUT2D eigenvalue weighted by Gasteiger charge is -2.38. The summed E-state index contributed by atoms with van der Waals surface area (Å²) < 4.78 is 5.74. The molecule has 12 heavy (non-hydrogen) atoms. The van der Waals surface area contributed by atoms with E-state index in [-0.39, 0.29) is 5.60 Å². The molecule has 0 saturated heterocycles. The Morgan fingerprint density at radius 2 is 2.00 bits per heavy atom. The first-order valence-corrected chi connectivity index (χ1v) is 5.06. The molecule has 1 aliphatic rings. The maximum absolute atomic E-state index is 5.74. The van der Waals surface area contributed by atoms with Crippen LogP contribution in [-0.2, 0) is 4.74 Å². The van der Waals surface area contributed by atoms with Gasteiger partial charge in [0.25, 0.3) is 0 Å². The topological polar surface area (TPSA) is 35.2 Å². The quantitative estimate of drug-likeness (QED) is 0.704. The summed E-state index contributed by atoms with van der Waals surface area (Å²) in [6, 6.07) is 0. The predicted octanol–water partition coefficient (Wildman–Crippen LogP) is 1.93. The molecule has 1 fully saturated rings. The lowest BCUT2D eigenvalue weighted by Crippen LogP contribution is -2.43. The van der Waals surface area contributed by atoms with Crippen LogP contribution in [0.25, 0.3) is 0 Å². The van der Waals surface area contributed by atoms with Gasteiger partial charge >= 0.3 is 0 Å². The number of ether oxygens (including phenoxy) is 1. The summed E-state index contributed by atoms with van der Waals surface area (Å²) in [5, 5.41) is 0. The molecule has 2 N–H and O–H groups in total. The highest BCUT2D eigenvalue weighted by Crippen LogP contribution is 2.33. The molecule has 0 amide bonds. The second-order valence-corrected chi connectivity index (χ2v) is 4.00. The monoisotopic (exact) mass is 171 g/mol. The van der Waals surface area contributed by atoms with E-state index in [1.807, 2.05) is 0 Å². The standard InChI is InChI=1S/C10H21NO/c1-3-12-10(8-11)6-4-9(2)5-7-10/h9H,3-8,11H2,1-2H3. The molecule has 0 atom stereocenters. The fourth-order valence-corrected chi connectivity index (χ4v) is 2.00. The van der Waals surface area contributed by atoms with Gasteiger partial charge in [-0.1, -0.05) is 6.92 Å². The molecule has 0 heterocycles. The van der Waals surface area contributed by atoms with Crippen LogP contribution in [0.4, 0.5) is 0 Å². The van der Waals surface area contributed by atoms with Gasteiger partial charge in [0.15, 0.2) is 0 Å². The first kappa shape index (κ1) is 10.0. The Balaban J connectivity index is 2.45. The van der Waals surface area contributed by atoms with Crippen LogP contribution in [-0.4, -0.2) is 18.8 Å². The summed E-state index contributed by atoms with van der Waals surface area (Å²) in [6.07, 6.45) is 4.85. The van der Waals surface area contributed by atoms with Gasteiger partial charge in [-0.2, -0.15) is 0 Å². The minimum atomic E-state index is 0.0290. The molecular formula is C10H21NO. The van der Waals surface area contributed by atoms with Crippen LogP contribution in [0.15, 0.2) is 0 Å². The Kier molecular flexibility index (Phi) is 3.53. The van der Waals surface area contributed by atoms with E-state index < -0.39 is 0 Å². The van der Waals surface area contributed by atoms with Gasteiger partial charge in [-0.05, 0) is 38.5 Å². The fourth-order valence-electron chi connectivity index (χ4n) is 2.00. The van der Waals surface area contributed by atoms with Gasteiger partial charge in [0.05, 0.1) is 5.60 Å². The largest absolute Gasteiger partial charge is 0.374 e. The Bertz CT molecular complexity index is 128. The van der Waals surface area contributed by atoms with Crippen molar-refractivity contribution in [2.75, 3.05) is 13.2 Å². The SMILES string of the molecule is CCOC1(CN)CCC(C)CC1. The number of nitrogens with two attached hydrogens (primary N) is 1. The molecule has 1 aliphatic carbocycles. The summed E-state index contributed by atoms with van der Waals surface area (Å²) >= 11 is 0. The summed E-state index contributed by atoms with van der Waals surface area (Å²) in [6.45, 7) is 5.85. The normalized spacial score (nSPS) is 36.8. The van der Waals surface area contributed by atoms with Crippen molar-refractivity contribution in [3.8, 4) is 0 Å². The zero-order chi connectivity index (χ0) is 9.03. The summed E-state index contributed by atoms with van der Waals surface area (Å²) in [5.41, 5.74) is 5.77. The van der Waals surface area contributed by atoms with Crippen molar-refractivity contribution in [1.29, 1.82) is 0 Å². The summed E-state index contributed by atoms with van der Waals surface area (Å²) in [4.78, 5) is 0. The molecule has 1 rings (SSSR count). The van der Waals surface area contributed by atoms with Crippen molar-refractivity contribution in [2.45, 2.75) is 45.1 Å². The van der Waals surface area contributed by atoms with Crippen LogP contribution >= 0.6 is 0 Å². The molecule has 0 unspecified atom stereocenters. The zero-order valence-electron chi connectivity index (χ0n) is 8.31. The van der Waals surface area contributed by atoms with Gasteiger partial charge in [-0.3, -0.25) is 0 Å². The van der Waals surface area contributed by atoms with E-state index >= 15 is 0 Å². The third-order valence-corrected chi connectivity index (χ3v) is 3.01. The highest BCUT2D eigenvalue weighted by atomic mass is 16.5. The smallest absolute Gasteiger partial charge is 0.0804 e. The average Bonchev–Trinajstić information content (AvgIpc) is 2.10. The fraction of sp³-hybridized carbons (Fsp3) is 1.00. The molecule has 0 aliphatic heterocycles. The highest BCUT2D eigenvalue weighted by molar-refractivity contribution is 4.87. The van der Waals surface area contributed by atoms with Crippen molar-refractivity contribution < 1.29 is 4.74 Å². The molecule has 0 aromatic rings. The third-order valence-electron chi connectivity index (χ3n) is 3.01. The van der Waals surface area contributed by atoms with Crippen molar-refractivity contribution in [1.82, 2.24) is 0 Å². The minimum absolute atomic E-state index is 0.0290. The second kappa shape index (κ2) is 4.24. The highest BCUT2D eigenvalue weighted by Gasteiger charge is 2.33. The van der Waals surface area contributed by atoms with E-state index in [9.17, 15) is 0 Å². The van der Waals surface area contributed by atoms with E-state index in [2.05, 4.69) is 13.8 Å². The molecule has 0 aromatic carbocycles. The lowest BCUT2D eigenvalue weighted by molar-refractivity contribution is -0.0644. The van der Waals surface area contributed by atoms with Gasteiger partial charge in [0, 0.05) is 13.2 Å². The molecule has 2 heteroatoms. The first-order chi connectivity index (χ1) is 5.72. The van der Waals surface area contributed by atoms with Crippen molar-refractivity contribution in [3.63, 3.8) is 0 Å². The van der Waals surface area contributed by atoms with E-state index in [4.69, 9.17) is 10.5 Å². The molecule has 0 radical (unpaired) electrons. The van der Waals surface area contributed by atoms with Crippen molar-refractivity contribution in [3.05, 3.63) is 0 Å². The van der Waals surface area contributed by atoms with E-state index in [0.717, 1.165) is 25.4 Å². The Morgan fingerprint density at radius 1 is 1.42 bits per heavy atom. The van der Waals surface area contributed by atoms with Gasteiger partial charge in [-0.25, -0.2) is 0 Å². The predicted molar refractivity (Wildman–Crippen MR) is 51.0 cm³/mol. The summed E-state index contributed by atoms with van der Waals surface area (Å²) in [5.74, 6) is 0.866.